The van der Waals surface area contributed by atoms with Gasteiger partial charge in [-0.25, -0.2) is 4.79 Å². The normalized spacial score (nSPS) is 40.5. The lowest BCUT2D eigenvalue weighted by Crippen LogP contribution is -2.82. The Kier molecular flexibility index (Phi) is 7.72. The smallest absolute Gasteiger partial charge is 0.338 e. The highest BCUT2D eigenvalue weighted by molar-refractivity contribution is 5.94. The zero-order chi connectivity index (χ0) is 30.8. The first-order chi connectivity index (χ1) is 19.7. The molecule has 1 aromatic rings. The number of hydrogen-bond acceptors (Lipinski definition) is 10. The van der Waals surface area contributed by atoms with Crippen molar-refractivity contribution in [2.75, 3.05) is 20.3 Å². The van der Waals surface area contributed by atoms with E-state index >= 15 is 4.79 Å². The average Bonchev–Trinajstić information content (AvgIpc) is 2.93. The van der Waals surface area contributed by atoms with E-state index in [4.69, 9.17) is 23.7 Å². The van der Waals surface area contributed by atoms with E-state index in [-0.39, 0.29) is 37.4 Å². The maximum atomic E-state index is 15.0. The molecule has 1 aromatic carbocycles. The maximum absolute atomic E-state index is 15.0. The van der Waals surface area contributed by atoms with E-state index in [1.165, 1.54) is 14.0 Å². The van der Waals surface area contributed by atoms with E-state index < -0.39 is 70.4 Å². The van der Waals surface area contributed by atoms with Gasteiger partial charge in [-0.15, -0.1) is 0 Å². The van der Waals surface area contributed by atoms with E-state index in [0.29, 0.717) is 11.1 Å². The Bertz CT molecular complexity index is 1290. The van der Waals surface area contributed by atoms with Crippen molar-refractivity contribution in [3.05, 3.63) is 47.0 Å². The van der Waals surface area contributed by atoms with Crippen LogP contribution in [0.25, 0.3) is 0 Å². The van der Waals surface area contributed by atoms with Crippen LogP contribution < -0.4 is 0 Å². The summed E-state index contributed by atoms with van der Waals surface area (Å²) in [6.07, 6.45) is -5.15. The second-order valence-electron chi connectivity index (χ2n) is 12.8. The van der Waals surface area contributed by atoms with Crippen LogP contribution >= 0.6 is 0 Å². The number of esters is 2. The third kappa shape index (κ3) is 4.13. The van der Waals surface area contributed by atoms with E-state index in [1.807, 2.05) is 0 Å². The standard InChI is InChI=1S/C32H42O10/c1-8-39-24-23-17(2)20(34)15-32(37,29(23,4)5)27(41-28(36)19-12-10-9-11-13-19)25-30(6,26(24)35)21(38-7)14-22-31(25,16-40-22)42-18(3)33/h9-13,20-22,24-25,27,34,37H,8,14-16H2,1-7H3/t20-,21-,22+,24+,25-,27-,30+,31-,32+/m0/s1. The lowest BCUT2D eigenvalue weighted by Gasteiger charge is -2.67. The summed E-state index contributed by atoms with van der Waals surface area (Å²) in [7, 11) is 1.49. The van der Waals surface area contributed by atoms with Gasteiger partial charge in [-0.05, 0) is 44.1 Å². The Morgan fingerprint density at radius 3 is 2.36 bits per heavy atom. The van der Waals surface area contributed by atoms with Gasteiger partial charge in [-0.2, -0.15) is 0 Å². The molecular formula is C32H42O10. The van der Waals surface area contributed by atoms with Crippen LogP contribution in [0.2, 0.25) is 0 Å². The van der Waals surface area contributed by atoms with Gasteiger partial charge in [-0.1, -0.05) is 32.0 Å². The van der Waals surface area contributed by atoms with Crippen molar-refractivity contribution < 1.29 is 48.3 Å². The SMILES string of the molecule is CCO[C@H]1C(=O)[C@]2(C)[C@@H](OC)C[C@H]3OC[C@@]3(OC(C)=O)[C@H]2[C@H](OC(=O)c2ccccc2)[C@]2(O)C[C@H](O)C(C)=C1C2(C)C. The Balaban J connectivity index is 1.84. The molecule has 1 heterocycles. The fourth-order valence-electron chi connectivity index (χ4n) is 8.27. The summed E-state index contributed by atoms with van der Waals surface area (Å²) in [4.78, 5) is 41.5. The molecule has 2 saturated carbocycles. The van der Waals surface area contributed by atoms with Gasteiger partial charge in [0.15, 0.2) is 11.4 Å². The Labute approximate surface area is 246 Å². The Morgan fingerprint density at radius 1 is 1.14 bits per heavy atom. The van der Waals surface area contributed by atoms with Crippen molar-refractivity contribution in [3.63, 3.8) is 0 Å². The summed E-state index contributed by atoms with van der Waals surface area (Å²) < 4.78 is 30.5. The van der Waals surface area contributed by atoms with E-state index in [1.54, 1.807) is 65.0 Å². The van der Waals surface area contributed by atoms with E-state index in [9.17, 15) is 19.8 Å². The molecule has 230 valence electrons. The number of ketones is 1. The summed E-state index contributed by atoms with van der Waals surface area (Å²) in [5.74, 6) is -2.81. The van der Waals surface area contributed by atoms with Crippen LogP contribution in [0, 0.1) is 16.7 Å². The molecular weight excluding hydrogens is 544 g/mol. The third-order valence-electron chi connectivity index (χ3n) is 10.5. The third-order valence-corrected chi connectivity index (χ3v) is 10.5. The van der Waals surface area contributed by atoms with Crippen molar-refractivity contribution in [2.45, 2.75) is 96.1 Å². The highest BCUT2D eigenvalue weighted by Gasteiger charge is 2.78. The van der Waals surface area contributed by atoms with Crippen LogP contribution in [0.4, 0.5) is 0 Å². The summed E-state index contributed by atoms with van der Waals surface area (Å²) in [5, 5.41) is 24.4. The molecule has 2 N–H and O–H groups in total. The molecule has 5 rings (SSSR count). The minimum absolute atomic E-state index is 0.0688. The zero-order valence-electron chi connectivity index (χ0n) is 25.3. The van der Waals surface area contributed by atoms with Crippen molar-refractivity contribution in [1.29, 1.82) is 0 Å². The number of methoxy groups -OCH3 is 1. The predicted octanol–water partition coefficient (Wildman–Crippen LogP) is 2.78. The first kappa shape index (κ1) is 30.8. The highest BCUT2D eigenvalue weighted by atomic mass is 16.6. The molecule has 4 aliphatic rings. The van der Waals surface area contributed by atoms with Crippen LogP contribution in [0.5, 0.6) is 0 Å². The average molecular weight is 587 g/mol. The van der Waals surface area contributed by atoms with Crippen LogP contribution in [0.1, 0.15) is 64.7 Å². The van der Waals surface area contributed by atoms with Crippen LogP contribution in [-0.4, -0.2) is 90.0 Å². The van der Waals surface area contributed by atoms with Gasteiger partial charge in [0.05, 0.1) is 35.7 Å². The van der Waals surface area contributed by atoms with Gasteiger partial charge >= 0.3 is 11.9 Å². The molecule has 0 amide bonds. The van der Waals surface area contributed by atoms with Gasteiger partial charge in [0.25, 0.3) is 0 Å². The van der Waals surface area contributed by atoms with Crippen molar-refractivity contribution >= 4 is 17.7 Å². The largest absolute Gasteiger partial charge is 0.455 e. The first-order valence-corrected chi connectivity index (χ1v) is 14.6. The predicted molar refractivity (Wildman–Crippen MR) is 149 cm³/mol. The maximum Gasteiger partial charge on any atom is 0.338 e. The molecule has 1 aliphatic heterocycles. The number of Topliss-reactive ketones (excluding diaryl/α,β-unsaturated/α-hetero) is 1. The molecule has 3 fully saturated rings. The lowest BCUT2D eigenvalue weighted by molar-refractivity contribution is -0.347. The first-order valence-electron chi connectivity index (χ1n) is 14.6. The van der Waals surface area contributed by atoms with Crippen LogP contribution in [-0.2, 0) is 33.3 Å². The molecule has 9 atom stereocenters. The van der Waals surface area contributed by atoms with E-state index in [2.05, 4.69) is 0 Å². The molecule has 0 aromatic heterocycles. The Hall–Kier alpha value is -2.63. The summed E-state index contributed by atoms with van der Waals surface area (Å²) in [5.41, 5.74) is -4.86. The summed E-state index contributed by atoms with van der Waals surface area (Å²) in [6.45, 7) is 10.2. The molecule has 42 heavy (non-hydrogen) atoms. The molecule has 0 unspecified atom stereocenters. The van der Waals surface area contributed by atoms with E-state index in [0.717, 1.165) is 0 Å². The summed E-state index contributed by atoms with van der Waals surface area (Å²) >= 11 is 0. The highest BCUT2D eigenvalue weighted by Crippen LogP contribution is 2.64. The number of aliphatic hydroxyl groups excluding tert-OH is 1. The topological polar surface area (TPSA) is 138 Å². The fraction of sp³-hybridized carbons (Fsp3) is 0.656. The van der Waals surface area contributed by atoms with Gasteiger partial charge in [0.2, 0.25) is 0 Å². The fourth-order valence-corrected chi connectivity index (χ4v) is 8.27. The number of carbonyl (C=O) groups excluding carboxylic acids is 3. The van der Waals surface area contributed by atoms with Crippen molar-refractivity contribution in [1.82, 2.24) is 0 Å². The number of carbonyl (C=O) groups is 3. The molecule has 0 spiro atoms. The minimum atomic E-state index is -1.93. The quantitative estimate of drug-likeness (QED) is 0.378. The Morgan fingerprint density at radius 2 is 1.81 bits per heavy atom. The number of benzene rings is 1. The monoisotopic (exact) mass is 586 g/mol. The molecule has 0 radical (unpaired) electrons. The van der Waals surface area contributed by atoms with Gasteiger partial charge < -0.3 is 33.9 Å². The van der Waals surface area contributed by atoms with Gasteiger partial charge in [-0.3, -0.25) is 9.59 Å². The van der Waals surface area contributed by atoms with Crippen molar-refractivity contribution in [3.8, 4) is 0 Å². The number of fused-ring (bicyclic) bond motifs is 5. The number of hydrogen-bond donors (Lipinski definition) is 2. The van der Waals surface area contributed by atoms with Gasteiger partial charge in [0, 0.05) is 38.9 Å². The minimum Gasteiger partial charge on any atom is -0.455 e. The van der Waals surface area contributed by atoms with Crippen molar-refractivity contribution in [2.24, 2.45) is 16.7 Å². The second kappa shape index (κ2) is 10.5. The summed E-state index contributed by atoms with van der Waals surface area (Å²) in [6, 6.07) is 8.34. The van der Waals surface area contributed by atoms with Crippen LogP contribution in [0.3, 0.4) is 0 Å². The van der Waals surface area contributed by atoms with Crippen LogP contribution in [0.15, 0.2) is 41.5 Å². The van der Waals surface area contributed by atoms with Gasteiger partial charge in [0.1, 0.15) is 23.9 Å². The lowest BCUT2D eigenvalue weighted by atomic mass is 9.44. The number of ether oxygens (including phenoxy) is 5. The number of rotatable bonds is 6. The molecule has 10 nitrogen and oxygen atoms in total. The second-order valence-corrected chi connectivity index (χ2v) is 12.8. The zero-order valence-corrected chi connectivity index (χ0v) is 25.3. The molecule has 1 saturated heterocycles. The molecule has 10 heteroatoms. The molecule has 2 bridgehead atoms. The molecule has 3 aliphatic carbocycles. The number of aliphatic hydroxyl groups is 2.